The molecule has 0 spiro atoms. The van der Waals surface area contributed by atoms with E-state index in [0.29, 0.717) is 12.1 Å². The van der Waals surface area contributed by atoms with Gasteiger partial charge < -0.3 is 10.0 Å². The van der Waals surface area contributed by atoms with Crippen LogP contribution in [0, 0.1) is 5.41 Å². The van der Waals surface area contributed by atoms with E-state index >= 15 is 0 Å². The van der Waals surface area contributed by atoms with Gasteiger partial charge in [-0.2, -0.15) is 0 Å². The minimum Gasteiger partial charge on any atom is -0.477 e. The molecule has 1 aliphatic heterocycles. The van der Waals surface area contributed by atoms with Crippen molar-refractivity contribution >= 4 is 11.9 Å². The molecule has 5 nitrogen and oxygen atoms in total. The molecule has 1 aromatic heterocycles. The molecule has 2 heterocycles. The highest BCUT2D eigenvalue weighted by Gasteiger charge is 2.32. The molecule has 1 aliphatic rings. The lowest BCUT2D eigenvalue weighted by molar-refractivity contribution is 0.0690. The molecule has 1 fully saturated rings. The van der Waals surface area contributed by atoms with Crippen LogP contribution in [0.4, 0.5) is 0 Å². The number of hydrogen-bond donors (Lipinski definition) is 1. The summed E-state index contributed by atoms with van der Waals surface area (Å²) in [4.78, 5) is 28.5. The number of carbonyl (C=O) groups excluding carboxylic acids is 1. The zero-order chi connectivity index (χ0) is 13.3. The number of carbonyl (C=O) groups is 2. The number of carboxylic acids is 1. The molecule has 18 heavy (non-hydrogen) atoms. The Labute approximate surface area is 105 Å². The van der Waals surface area contributed by atoms with Crippen molar-refractivity contribution in [1.82, 2.24) is 9.88 Å². The van der Waals surface area contributed by atoms with E-state index in [9.17, 15) is 9.59 Å². The van der Waals surface area contributed by atoms with Crippen molar-refractivity contribution < 1.29 is 14.7 Å². The van der Waals surface area contributed by atoms with Crippen LogP contribution in [0.3, 0.4) is 0 Å². The molecule has 0 saturated carbocycles. The Balaban J connectivity index is 2.19. The molecule has 0 aromatic carbocycles. The summed E-state index contributed by atoms with van der Waals surface area (Å²) in [5.41, 5.74) is 0.428. The zero-order valence-corrected chi connectivity index (χ0v) is 10.5. The third-order valence-corrected chi connectivity index (χ3v) is 3.19. The van der Waals surface area contributed by atoms with Gasteiger partial charge in [-0.1, -0.05) is 13.8 Å². The van der Waals surface area contributed by atoms with Gasteiger partial charge in [0.05, 0.1) is 0 Å². The Kier molecular flexibility index (Phi) is 3.07. The second-order valence-corrected chi connectivity index (χ2v) is 5.38. The fourth-order valence-electron chi connectivity index (χ4n) is 2.15. The van der Waals surface area contributed by atoms with Crippen molar-refractivity contribution in [2.45, 2.75) is 20.3 Å². The summed E-state index contributed by atoms with van der Waals surface area (Å²) in [6, 6.07) is 2.88. The van der Waals surface area contributed by atoms with Crippen molar-refractivity contribution in [3.63, 3.8) is 0 Å². The van der Waals surface area contributed by atoms with E-state index in [1.54, 1.807) is 11.0 Å². The van der Waals surface area contributed by atoms with E-state index in [-0.39, 0.29) is 17.0 Å². The molecular formula is C13H16N2O3. The zero-order valence-electron chi connectivity index (χ0n) is 10.5. The first-order valence-corrected chi connectivity index (χ1v) is 5.88. The first-order valence-electron chi connectivity index (χ1n) is 5.88. The van der Waals surface area contributed by atoms with Crippen molar-refractivity contribution in [3.05, 3.63) is 29.6 Å². The molecule has 5 heteroatoms. The second-order valence-electron chi connectivity index (χ2n) is 5.38. The highest BCUT2D eigenvalue weighted by molar-refractivity contribution is 5.96. The fraction of sp³-hybridized carbons (Fsp3) is 0.462. The third kappa shape index (κ3) is 2.50. The average molecular weight is 248 g/mol. The Hall–Kier alpha value is -1.91. The lowest BCUT2D eigenvalue weighted by Crippen LogP contribution is -2.30. The monoisotopic (exact) mass is 248 g/mol. The van der Waals surface area contributed by atoms with Crippen molar-refractivity contribution in [2.24, 2.45) is 5.41 Å². The number of rotatable bonds is 2. The predicted molar refractivity (Wildman–Crippen MR) is 65.5 cm³/mol. The summed E-state index contributed by atoms with van der Waals surface area (Å²) in [7, 11) is 0. The van der Waals surface area contributed by atoms with Crippen molar-refractivity contribution in [1.29, 1.82) is 0 Å². The average Bonchev–Trinajstić information content (AvgIpc) is 2.69. The maximum Gasteiger partial charge on any atom is 0.354 e. The van der Waals surface area contributed by atoms with Crippen LogP contribution in [0.1, 0.15) is 41.1 Å². The first kappa shape index (κ1) is 12.5. The standard InChI is InChI=1S/C13H16N2O3/c1-13(2)4-6-15(8-13)11(16)9-3-5-14-10(7-9)12(17)18/h3,5,7H,4,6,8H2,1-2H3,(H,17,18). The van der Waals surface area contributed by atoms with Gasteiger partial charge in [-0.3, -0.25) is 4.79 Å². The molecule has 0 radical (unpaired) electrons. The maximum atomic E-state index is 12.2. The normalized spacial score (nSPS) is 17.8. The first-order chi connectivity index (χ1) is 8.39. The van der Waals surface area contributed by atoms with Crippen LogP contribution in [0.15, 0.2) is 18.3 Å². The summed E-state index contributed by atoms with van der Waals surface area (Å²) >= 11 is 0. The Morgan fingerprint density at radius 1 is 1.44 bits per heavy atom. The topological polar surface area (TPSA) is 70.5 Å². The number of pyridine rings is 1. The van der Waals surface area contributed by atoms with Gasteiger partial charge in [-0.15, -0.1) is 0 Å². The van der Waals surface area contributed by atoms with Crippen LogP contribution < -0.4 is 0 Å². The number of amides is 1. The Morgan fingerprint density at radius 2 is 2.17 bits per heavy atom. The molecule has 0 aliphatic carbocycles. The van der Waals surface area contributed by atoms with E-state index < -0.39 is 5.97 Å². The molecular weight excluding hydrogens is 232 g/mol. The van der Waals surface area contributed by atoms with Gasteiger partial charge in [-0.25, -0.2) is 9.78 Å². The van der Waals surface area contributed by atoms with Crippen LogP contribution in [0.5, 0.6) is 0 Å². The summed E-state index contributed by atoms with van der Waals surface area (Å²) in [6.07, 6.45) is 2.33. The highest BCUT2D eigenvalue weighted by Crippen LogP contribution is 2.29. The number of aromatic nitrogens is 1. The van der Waals surface area contributed by atoms with Gasteiger partial charge in [0.15, 0.2) is 0 Å². The predicted octanol–water partition coefficient (Wildman–Crippen LogP) is 1.65. The largest absolute Gasteiger partial charge is 0.477 e. The lowest BCUT2D eigenvalue weighted by atomic mass is 9.93. The van der Waals surface area contributed by atoms with Crippen LogP contribution >= 0.6 is 0 Å². The van der Waals surface area contributed by atoms with Gasteiger partial charge in [0.2, 0.25) is 0 Å². The molecule has 0 unspecified atom stereocenters. The van der Waals surface area contributed by atoms with E-state index in [1.807, 2.05) is 0 Å². The van der Waals surface area contributed by atoms with Crippen molar-refractivity contribution in [2.75, 3.05) is 13.1 Å². The smallest absolute Gasteiger partial charge is 0.354 e. The quantitative estimate of drug-likeness (QED) is 0.864. The van der Waals surface area contributed by atoms with Gasteiger partial charge in [0.25, 0.3) is 5.91 Å². The van der Waals surface area contributed by atoms with E-state index in [0.717, 1.165) is 13.0 Å². The fourth-order valence-corrected chi connectivity index (χ4v) is 2.15. The maximum absolute atomic E-state index is 12.2. The molecule has 1 aromatic rings. The molecule has 0 atom stereocenters. The van der Waals surface area contributed by atoms with Crippen LogP contribution in [0.25, 0.3) is 0 Å². The minimum absolute atomic E-state index is 0.0979. The number of aromatic carboxylic acids is 1. The van der Waals surface area contributed by atoms with Gasteiger partial charge in [0.1, 0.15) is 5.69 Å². The van der Waals surface area contributed by atoms with Crippen LogP contribution in [-0.4, -0.2) is 40.0 Å². The van der Waals surface area contributed by atoms with Gasteiger partial charge in [-0.05, 0) is 24.0 Å². The summed E-state index contributed by atoms with van der Waals surface area (Å²) in [6.45, 7) is 5.66. The summed E-state index contributed by atoms with van der Waals surface area (Å²) in [5, 5.41) is 8.85. The number of likely N-dealkylation sites (tertiary alicyclic amines) is 1. The molecule has 1 amide bonds. The number of nitrogens with zero attached hydrogens (tertiary/aromatic N) is 2. The second kappa shape index (κ2) is 4.40. The molecule has 2 rings (SSSR count). The molecule has 0 bridgehead atoms. The van der Waals surface area contributed by atoms with Crippen LogP contribution in [0.2, 0.25) is 0 Å². The molecule has 1 N–H and O–H groups in total. The van der Waals surface area contributed by atoms with Crippen molar-refractivity contribution in [3.8, 4) is 0 Å². The summed E-state index contributed by atoms with van der Waals surface area (Å²) < 4.78 is 0. The van der Waals surface area contributed by atoms with Gasteiger partial charge in [0, 0.05) is 24.8 Å². The Bertz CT molecular complexity index is 497. The minimum atomic E-state index is -1.12. The highest BCUT2D eigenvalue weighted by atomic mass is 16.4. The van der Waals surface area contributed by atoms with E-state index in [4.69, 9.17) is 5.11 Å². The van der Waals surface area contributed by atoms with Crippen LogP contribution in [-0.2, 0) is 0 Å². The molecule has 96 valence electrons. The Morgan fingerprint density at radius 3 is 2.72 bits per heavy atom. The molecule has 1 saturated heterocycles. The number of hydrogen-bond acceptors (Lipinski definition) is 3. The summed E-state index contributed by atoms with van der Waals surface area (Å²) in [5.74, 6) is -1.24. The SMILES string of the molecule is CC1(C)CCN(C(=O)c2ccnc(C(=O)O)c2)C1. The number of carboxylic acid groups (broad SMARTS) is 1. The van der Waals surface area contributed by atoms with E-state index in [1.165, 1.54) is 12.3 Å². The van der Waals surface area contributed by atoms with Gasteiger partial charge >= 0.3 is 5.97 Å². The van der Waals surface area contributed by atoms with E-state index in [2.05, 4.69) is 18.8 Å². The lowest BCUT2D eigenvalue weighted by Gasteiger charge is -2.19. The third-order valence-electron chi connectivity index (χ3n) is 3.19.